The average molecular weight is 269 g/mol. The Bertz CT molecular complexity index is 319. The zero-order valence-electron chi connectivity index (χ0n) is 12.4. The minimum Gasteiger partial charge on any atom is -0.356 e. The summed E-state index contributed by atoms with van der Waals surface area (Å²) in [5.41, 5.74) is 5.41. The lowest BCUT2D eigenvalue weighted by atomic mass is 9.89. The lowest BCUT2D eigenvalue weighted by Crippen LogP contribution is -2.56. The Kier molecular flexibility index (Phi) is 5.79. The van der Waals surface area contributed by atoms with Gasteiger partial charge in [0.05, 0.1) is 5.54 Å². The van der Waals surface area contributed by atoms with Gasteiger partial charge in [-0.3, -0.25) is 9.59 Å². The molecule has 0 unspecified atom stereocenters. The fourth-order valence-corrected chi connectivity index (χ4v) is 2.53. The first-order valence-corrected chi connectivity index (χ1v) is 7.34. The van der Waals surface area contributed by atoms with E-state index in [4.69, 9.17) is 5.73 Å². The van der Waals surface area contributed by atoms with Gasteiger partial charge < -0.3 is 16.0 Å². The van der Waals surface area contributed by atoms with Crippen molar-refractivity contribution in [1.82, 2.24) is 10.2 Å². The molecule has 1 rings (SSSR count). The molecule has 2 amide bonds. The molecule has 1 aliphatic heterocycles. The van der Waals surface area contributed by atoms with E-state index in [-0.39, 0.29) is 17.7 Å². The van der Waals surface area contributed by atoms with Crippen molar-refractivity contribution < 1.29 is 9.59 Å². The van der Waals surface area contributed by atoms with E-state index < -0.39 is 5.54 Å². The summed E-state index contributed by atoms with van der Waals surface area (Å²) in [4.78, 5) is 26.0. The van der Waals surface area contributed by atoms with Crippen molar-refractivity contribution in [3.63, 3.8) is 0 Å². The summed E-state index contributed by atoms with van der Waals surface area (Å²) in [6.45, 7) is 7.75. The first-order chi connectivity index (χ1) is 8.98. The van der Waals surface area contributed by atoms with Gasteiger partial charge in [-0.1, -0.05) is 13.8 Å². The summed E-state index contributed by atoms with van der Waals surface area (Å²) in [6, 6.07) is 0. The lowest BCUT2D eigenvalue weighted by Gasteiger charge is -2.37. The summed E-state index contributed by atoms with van der Waals surface area (Å²) in [5, 5.41) is 2.84. The summed E-state index contributed by atoms with van der Waals surface area (Å²) in [5.74, 6) is 0.186. The van der Waals surface area contributed by atoms with Crippen LogP contribution >= 0.6 is 0 Å². The Morgan fingerprint density at radius 2 is 1.74 bits per heavy atom. The van der Waals surface area contributed by atoms with Gasteiger partial charge in [-0.05, 0) is 32.6 Å². The van der Waals surface area contributed by atoms with E-state index >= 15 is 0 Å². The maximum absolute atomic E-state index is 12.4. The van der Waals surface area contributed by atoms with Gasteiger partial charge in [-0.25, -0.2) is 0 Å². The number of hydrogen-bond acceptors (Lipinski definition) is 3. The van der Waals surface area contributed by atoms with Crippen molar-refractivity contribution in [2.24, 2.45) is 11.7 Å². The van der Waals surface area contributed by atoms with Crippen molar-refractivity contribution in [2.45, 2.75) is 52.0 Å². The molecule has 0 spiro atoms. The van der Waals surface area contributed by atoms with Crippen molar-refractivity contribution in [3.05, 3.63) is 0 Å². The molecule has 0 bridgehead atoms. The molecule has 0 atom stereocenters. The van der Waals surface area contributed by atoms with Gasteiger partial charge in [0.2, 0.25) is 11.8 Å². The van der Waals surface area contributed by atoms with Crippen molar-refractivity contribution in [2.75, 3.05) is 19.6 Å². The molecule has 0 aromatic rings. The molecular weight excluding hydrogens is 242 g/mol. The van der Waals surface area contributed by atoms with Gasteiger partial charge >= 0.3 is 0 Å². The smallest absolute Gasteiger partial charge is 0.242 e. The number of likely N-dealkylation sites (tertiary alicyclic amines) is 1. The van der Waals surface area contributed by atoms with Crippen LogP contribution in [0.2, 0.25) is 0 Å². The Morgan fingerprint density at radius 3 is 2.16 bits per heavy atom. The van der Waals surface area contributed by atoms with Gasteiger partial charge in [-0.15, -0.1) is 0 Å². The normalized spacial score (nSPS) is 17.4. The van der Waals surface area contributed by atoms with Crippen LogP contribution in [0.15, 0.2) is 0 Å². The molecule has 0 saturated carbocycles. The second-order valence-electron chi connectivity index (χ2n) is 5.32. The molecule has 0 aromatic carbocycles. The summed E-state index contributed by atoms with van der Waals surface area (Å²) < 4.78 is 0. The molecule has 1 saturated heterocycles. The average Bonchev–Trinajstić information content (AvgIpc) is 2.46. The third-order valence-corrected chi connectivity index (χ3v) is 4.19. The number of nitrogens with one attached hydrogen (secondary N) is 1. The van der Waals surface area contributed by atoms with Crippen LogP contribution < -0.4 is 11.1 Å². The van der Waals surface area contributed by atoms with Gasteiger partial charge in [0.15, 0.2) is 0 Å². The third-order valence-electron chi connectivity index (χ3n) is 4.19. The molecule has 110 valence electrons. The molecule has 19 heavy (non-hydrogen) atoms. The molecule has 0 aromatic heterocycles. The summed E-state index contributed by atoms with van der Waals surface area (Å²) in [7, 11) is 0. The number of amides is 2. The lowest BCUT2D eigenvalue weighted by molar-refractivity contribution is -0.140. The fourth-order valence-electron chi connectivity index (χ4n) is 2.53. The van der Waals surface area contributed by atoms with Crippen molar-refractivity contribution in [3.8, 4) is 0 Å². The fraction of sp³-hybridized carbons (Fsp3) is 0.857. The standard InChI is InChI=1S/C14H27N3O2/c1-4-14(15,5-2)13(19)17-9-7-11(8-10-17)12(18)16-6-3/h11H,4-10,15H2,1-3H3,(H,16,18). The number of hydrogen-bond donors (Lipinski definition) is 2. The zero-order valence-corrected chi connectivity index (χ0v) is 12.4. The second kappa shape index (κ2) is 6.89. The molecule has 1 fully saturated rings. The molecule has 1 aliphatic rings. The van der Waals surface area contributed by atoms with Crippen LogP contribution in [0.4, 0.5) is 0 Å². The van der Waals surface area contributed by atoms with E-state index in [1.165, 1.54) is 0 Å². The van der Waals surface area contributed by atoms with Gasteiger partial charge in [0.25, 0.3) is 0 Å². The molecule has 3 N–H and O–H groups in total. The van der Waals surface area contributed by atoms with E-state index in [1.807, 2.05) is 25.7 Å². The van der Waals surface area contributed by atoms with Crippen LogP contribution in [-0.4, -0.2) is 41.9 Å². The quantitative estimate of drug-likeness (QED) is 0.778. The van der Waals surface area contributed by atoms with E-state index in [0.717, 1.165) is 12.8 Å². The van der Waals surface area contributed by atoms with Crippen LogP contribution in [0.5, 0.6) is 0 Å². The second-order valence-corrected chi connectivity index (χ2v) is 5.32. The zero-order chi connectivity index (χ0) is 14.5. The largest absolute Gasteiger partial charge is 0.356 e. The van der Waals surface area contributed by atoms with Crippen LogP contribution in [-0.2, 0) is 9.59 Å². The minimum absolute atomic E-state index is 0.0341. The molecule has 1 heterocycles. The molecular formula is C14H27N3O2. The highest BCUT2D eigenvalue weighted by atomic mass is 16.2. The van der Waals surface area contributed by atoms with Crippen LogP contribution in [0.25, 0.3) is 0 Å². The monoisotopic (exact) mass is 269 g/mol. The number of rotatable bonds is 5. The Hall–Kier alpha value is -1.10. The Labute approximate surface area is 115 Å². The van der Waals surface area contributed by atoms with Crippen molar-refractivity contribution in [1.29, 1.82) is 0 Å². The number of nitrogens with two attached hydrogens (primary N) is 1. The predicted molar refractivity (Wildman–Crippen MR) is 75.5 cm³/mol. The van der Waals surface area contributed by atoms with Gasteiger partial charge in [0, 0.05) is 25.6 Å². The maximum atomic E-state index is 12.4. The SMILES string of the molecule is CCNC(=O)C1CCN(C(=O)C(N)(CC)CC)CC1. The number of piperidine rings is 1. The van der Waals surface area contributed by atoms with Crippen LogP contribution in [0, 0.1) is 5.92 Å². The number of nitrogens with zero attached hydrogens (tertiary/aromatic N) is 1. The molecule has 0 aliphatic carbocycles. The van der Waals surface area contributed by atoms with Gasteiger partial charge in [0.1, 0.15) is 0 Å². The highest BCUT2D eigenvalue weighted by Gasteiger charge is 2.36. The topological polar surface area (TPSA) is 75.4 Å². The molecule has 5 nitrogen and oxygen atoms in total. The van der Waals surface area contributed by atoms with Gasteiger partial charge in [-0.2, -0.15) is 0 Å². The Balaban J connectivity index is 2.54. The summed E-state index contributed by atoms with van der Waals surface area (Å²) >= 11 is 0. The molecule has 5 heteroatoms. The van der Waals surface area contributed by atoms with Crippen molar-refractivity contribution >= 4 is 11.8 Å². The maximum Gasteiger partial charge on any atom is 0.242 e. The highest BCUT2D eigenvalue weighted by molar-refractivity contribution is 5.86. The first kappa shape index (κ1) is 16.0. The predicted octanol–water partition coefficient (Wildman–Crippen LogP) is 0.879. The van der Waals surface area contributed by atoms with E-state index in [1.54, 1.807) is 0 Å². The Morgan fingerprint density at radius 1 is 1.21 bits per heavy atom. The van der Waals surface area contributed by atoms with Crippen LogP contribution in [0.1, 0.15) is 46.5 Å². The minimum atomic E-state index is -0.738. The van der Waals surface area contributed by atoms with Crippen LogP contribution in [0.3, 0.4) is 0 Å². The molecule has 0 radical (unpaired) electrons. The highest BCUT2D eigenvalue weighted by Crippen LogP contribution is 2.22. The third kappa shape index (κ3) is 3.69. The van der Waals surface area contributed by atoms with E-state index in [0.29, 0.717) is 32.5 Å². The number of carbonyl (C=O) groups is 2. The summed E-state index contributed by atoms with van der Waals surface area (Å²) in [6.07, 6.45) is 2.78. The van der Waals surface area contributed by atoms with E-state index in [9.17, 15) is 9.59 Å². The first-order valence-electron chi connectivity index (χ1n) is 7.34. The number of carbonyl (C=O) groups excluding carboxylic acids is 2. The van der Waals surface area contributed by atoms with E-state index in [2.05, 4.69) is 5.32 Å².